The number of anilines is 1. The van der Waals surface area contributed by atoms with E-state index >= 15 is 0 Å². The number of para-hydroxylation sites is 1. The van der Waals surface area contributed by atoms with Crippen LogP contribution in [0.1, 0.15) is 18.2 Å². The first-order chi connectivity index (χ1) is 14.7. The third-order valence-electron chi connectivity index (χ3n) is 4.39. The van der Waals surface area contributed by atoms with Gasteiger partial charge in [0.1, 0.15) is 0 Å². The fourth-order valence-electron chi connectivity index (χ4n) is 2.95. The van der Waals surface area contributed by atoms with Crippen molar-refractivity contribution in [1.82, 2.24) is 9.97 Å². The van der Waals surface area contributed by atoms with Crippen molar-refractivity contribution in [2.45, 2.75) is 13.3 Å². The molecule has 150 valence electrons. The van der Waals surface area contributed by atoms with Crippen molar-refractivity contribution in [1.29, 1.82) is 0 Å². The molecule has 0 aliphatic rings. The Balaban J connectivity index is 1.38. The summed E-state index contributed by atoms with van der Waals surface area (Å²) in [6, 6.07) is 18.3. The molecule has 2 aromatic heterocycles. The molecule has 1 N–H and O–H groups in total. The highest BCUT2D eigenvalue weighted by molar-refractivity contribution is 7.13. The smallest absolute Gasteiger partial charge is 0.311 e. The number of aromatic nitrogens is 2. The number of nitrogens with zero attached hydrogens (tertiary/aromatic N) is 3. The number of carbonyl (C=O) groups is 1. The number of ether oxygens (including phenoxy) is 1. The van der Waals surface area contributed by atoms with E-state index in [0.29, 0.717) is 17.4 Å². The number of fused-ring (bicyclic) bond motifs is 1. The van der Waals surface area contributed by atoms with Crippen molar-refractivity contribution < 1.29 is 9.53 Å². The zero-order valence-electron chi connectivity index (χ0n) is 16.4. The maximum absolute atomic E-state index is 11.5. The zero-order chi connectivity index (χ0) is 20.8. The maximum atomic E-state index is 11.5. The fraction of sp³-hybridized carbons (Fsp3) is 0.130. The molecule has 0 spiro atoms. The van der Waals surface area contributed by atoms with Gasteiger partial charge in [0.15, 0.2) is 0 Å². The number of pyridine rings is 1. The van der Waals surface area contributed by atoms with Gasteiger partial charge in [-0.3, -0.25) is 15.2 Å². The van der Waals surface area contributed by atoms with Crippen molar-refractivity contribution in [3.05, 3.63) is 77.4 Å². The van der Waals surface area contributed by atoms with Crippen LogP contribution in [-0.2, 0) is 16.0 Å². The summed E-state index contributed by atoms with van der Waals surface area (Å²) in [6.07, 6.45) is 3.79. The van der Waals surface area contributed by atoms with Crippen molar-refractivity contribution in [2.24, 2.45) is 5.10 Å². The summed E-state index contributed by atoms with van der Waals surface area (Å²) in [5.41, 5.74) is 7.70. The lowest BCUT2D eigenvalue weighted by atomic mass is 10.0. The van der Waals surface area contributed by atoms with Gasteiger partial charge in [-0.15, -0.1) is 11.3 Å². The average molecular weight is 417 g/mol. The lowest BCUT2D eigenvalue weighted by molar-refractivity contribution is -0.142. The van der Waals surface area contributed by atoms with Crippen molar-refractivity contribution in [3.63, 3.8) is 0 Å². The number of benzene rings is 2. The van der Waals surface area contributed by atoms with Gasteiger partial charge in [0.05, 0.1) is 30.5 Å². The van der Waals surface area contributed by atoms with E-state index in [4.69, 9.17) is 4.74 Å². The van der Waals surface area contributed by atoms with Crippen LogP contribution in [0.25, 0.3) is 22.0 Å². The SMILES string of the molecule is CCOC(=O)Cc1csc(NN=Cc2ccc(-c3cnc4ccccc4c3)cc2)n1. The highest BCUT2D eigenvalue weighted by Crippen LogP contribution is 2.23. The first-order valence-electron chi connectivity index (χ1n) is 9.55. The molecule has 0 saturated carbocycles. The Labute approximate surface area is 178 Å². The van der Waals surface area contributed by atoms with Crippen LogP contribution >= 0.6 is 11.3 Å². The molecule has 0 aliphatic heterocycles. The molecule has 0 atom stereocenters. The number of hydrogen-bond donors (Lipinski definition) is 1. The predicted octanol–water partition coefficient (Wildman–Crippen LogP) is 4.91. The third-order valence-corrected chi connectivity index (χ3v) is 5.19. The van der Waals surface area contributed by atoms with Crippen LogP contribution in [0.3, 0.4) is 0 Å². The van der Waals surface area contributed by atoms with Crippen LogP contribution in [0.15, 0.2) is 71.3 Å². The van der Waals surface area contributed by atoms with E-state index in [9.17, 15) is 4.79 Å². The number of hydrazone groups is 1. The number of thiazole rings is 1. The molecule has 0 amide bonds. The minimum absolute atomic E-state index is 0.167. The molecule has 0 radical (unpaired) electrons. The van der Waals surface area contributed by atoms with E-state index in [2.05, 4.69) is 32.6 Å². The molecular formula is C23H20N4O2S. The van der Waals surface area contributed by atoms with Gasteiger partial charge >= 0.3 is 5.97 Å². The van der Waals surface area contributed by atoms with E-state index in [1.165, 1.54) is 11.3 Å². The fourth-order valence-corrected chi connectivity index (χ4v) is 3.61. The molecule has 0 unspecified atom stereocenters. The summed E-state index contributed by atoms with van der Waals surface area (Å²) in [5, 5.41) is 7.80. The summed E-state index contributed by atoms with van der Waals surface area (Å²) in [5.74, 6) is -0.278. The Morgan fingerprint density at radius 3 is 2.83 bits per heavy atom. The third kappa shape index (κ3) is 4.87. The first-order valence-corrected chi connectivity index (χ1v) is 10.4. The summed E-state index contributed by atoms with van der Waals surface area (Å²) in [4.78, 5) is 20.4. The highest BCUT2D eigenvalue weighted by atomic mass is 32.1. The Morgan fingerprint density at radius 1 is 1.17 bits per heavy atom. The van der Waals surface area contributed by atoms with Gasteiger partial charge in [-0.2, -0.15) is 5.10 Å². The van der Waals surface area contributed by atoms with Crippen LogP contribution < -0.4 is 5.43 Å². The molecule has 30 heavy (non-hydrogen) atoms. The second-order valence-corrected chi connectivity index (χ2v) is 7.39. The Kier molecular flexibility index (Phi) is 6.10. The summed E-state index contributed by atoms with van der Waals surface area (Å²) >= 11 is 1.39. The van der Waals surface area contributed by atoms with Crippen LogP contribution in [0, 0.1) is 0 Å². The lowest BCUT2D eigenvalue weighted by Crippen LogP contribution is -2.07. The number of esters is 1. The van der Waals surface area contributed by atoms with E-state index in [1.54, 1.807) is 13.1 Å². The Bertz CT molecular complexity index is 1190. The zero-order valence-corrected chi connectivity index (χ0v) is 17.2. The summed E-state index contributed by atoms with van der Waals surface area (Å²) in [6.45, 7) is 2.15. The number of carbonyl (C=O) groups excluding carboxylic acids is 1. The topological polar surface area (TPSA) is 76.5 Å². The standard InChI is InChI=1S/C23H20N4O2S/c1-2-29-22(28)12-20-15-30-23(26-20)27-25-13-16-7-9-17(10-8-16)19-11-18-5-3-4-6-21(18)24-14-19/h3-11,13-15H,2,12H2,1H3,(H,26,27). The maximum Gasteiger partial charge on any atom is 0.311 e. The molecule has 6 nitrogen and oxygen atoms in total. The molecule has 7 heteroatoms. The average Bonchev–Trinajstić information content (AvgIpc) is 3.21. The number of nitrogens with one attached hydrogen (secondary N) is 1. The largest absolute Gasteiger partial charge is 0.466 e. The Hall–Kier alpha value is -3.58. The van der Waals surface area contributed by atoms with E-state index in [0.717, 1.165) is 27.6 Å². The van der Waals surface area contributed by atoms with Gasteiger partial charge in [0.25, 0.3) is 0 Å². The molecule has 2 aromatic carbocycles. The van der Waals surface area contributed by atoms with Gasteiger partial charge in [0, 0.05) is 22.5 Å². The van der Waals surface area contributed by atoms with Crippen LogP contribution in [0.4, 0.5) is 5.13 Å². The quantitative estimate of drug-likeness (QED) is 0.263. The van der Waals surface area contributed by atoms with Crippen LogP contribution in [-0.4, -0.2) is 28.8 Å². The van der Waals surface area contributed by atoms with Gasteiger partial charge in [-0.05, 0) is 30.2 Å². The second-order valence-electron chi connectivity index (χ2n) is 6.53. The van der Waals surface area contributed by atoms with Gasteiger partial charge in [-0.25, -0.2) is 4.98 Å². The molecular weight excluding hydrogens is 396 g/mol. The predicted molar refractivity (Wildman–Crippen MR) is 121 cm³/mol. The van der Waals surface area contributed by atoms with Crippen LogP contribution in [0.5, 0.6) is 0 Å². The highest BCUT2D eigenvalue weighted by Gasteiger charge is 2.08. The van der Waals surface area contributed by atoms with Crippen LogP contribution in [0.2, 0.25) is 0 Å². The molecule has 4 aromatic rings. The van der Waals surface area contributed by atoms with Gasteiger partial charge in [-0.1, -0.05) is 42.5 Å². The number of rotatable bonds is 7. The van der Waals surface area contributed by atoms with Crippen molar-refractivity contribution >= 4 is 39.6 Å². The minimum atomic E-state index is -0.278. The van der Waals surface area contributed by atoms with E-state index in [-0.39, 0.29) is 12.4 Å². The molecule has 4 rings (SSSR count). The van der Waals surface area contributed by atoms with Gasteiger partial charge in [0.2, 0.25) is 5.13 Å². The molecule has 2 heterocycles. The summed E-state index contributed by atoms with van der Waals surface area (Å²) < 4.78 is 4.93. The second kappa shape index (κ2) is 9.28. The normalized spacial score (nSPS) is 11.1. The Morgan fingerprint density at radius 2 is 2.00 bits per heavy atom. The van der Waals surface area contributed by atoms with Crippen molar-refractivity contribution in [3.8, 4) is 11.1 Å². The number of hydrogen-bond acceptors (Lipinski definition) is 7. The molecule has 0 saturated heterocycles. The first kappa shape index (κ1) is 19.7. The minimum Gasteiger partial charge on any atom is -0.466 e. The lowest BCUT2D eigenvalue weighted by Gasteiger charge is -2.04. The summed E-state index contributed by atoms with van der Waals surface area (Å²) in [7, 11) is 0. The van der Waals surface area contributed by atoms with E-state index in [1.807, 2.05) is 54.0 Å². The van der Waals surface area contributed by atoms with Gasteiger partial charge < -0.3 is 4.74 Å². The molecule has 0 bridgehead atoms. The van der Waals surface area contributed by atoms with E-state index < -0.39 is 0 Å². The molecule has 0 aliphatic carbocycles. The van der Waals surface area contributed by atoms with Crippen molar-refractivity contribution in [2.75, 3.05) is 12.0 Å². The monoisotopic (exact) mass is 416 g/mol. The molecule has 0 fully saturated rings.